The second-order valence-electron chi connectivity index (χ2n) is 3.79. The molecule has 0 bridgehead atoms. The van der Waals surface area contributed by atoms with Crippen molar-refractivity contribution in [2.24, 2.45) is 0 Å². The van der Waals surface area contributed by atoms with Gasteiger partial charge in [0.2, 0.25) is 5.91 Å². The van der Waals surface area contributed by atoms with Crippen LogP contribution in [-0.2, 0) is 20.8 Å². The summed E-state index contributed by atoms with van der Waals surface area (Å²) < 4.78 is 9.99. The predicted molar refractivity (Wildman–Crippen MR) is 76.2 cm³/mol. The molecule has 0 heterocycles. The summed E-state index contributed by atoms with van der Waals surface area (Å²) in [5.41, 5.74) is 1.08. The molecule has 0 fully saturated rings. The smallest absolute Gasteiger partial charge is 0.234 e. The molecule has 2 N–H and O–H groups in total. The largest absolute Gasteiger partial charge is 0.355 e. The number of carbonyl (C=O) groups excluding carboxylic acids is 1. The molecule has 5 nitrogen and oxygen atoms in total. The minimum atomic E-state index is -0.327. The second-order valence-corrected chi connectivity index (χ2v) is 3.79. The van der Waals surface area contributed by atoms with E-state index < -0.39 is 0 Å². The number of benzene rings is 1. The Balaban J connectivity index is 0.00000324. The van der Waals surface area contributed by atoms with Crippen LogP contribution in [0.25, 0.3) is 0 Å². The van der Waals surface area contributed by atoms with Crippen molar-refractivity contribution in [2.45, 2.75) is 12.8 Å². The first-order chi connectivity index (χ1) is 8.76. The van der Waals surface area contributed by atoms with Crippen molar-refractivity contribution in [3.05, 3.63) is 35.9 Å². The molecular formula is C13H21ClN2O3. The van der Waals surface area contributed by atoms with Gasteiger partial charge in [0, 0.05) is 27.3 Å². The summed E-state index contributed by atoms with van der Waals surface area (Å²) in [5, 5.41) is 5.79. The van der Waals surface area contributed by atoms with Gasteiger partial charge in [-0.1, -0.05) is 30.3 Å². The topological polar surface area (TPSA) is 59.6 Å². The Morgan fingerprint density at radius 3 is 2.42 bits per heavy atom. The molecule has 1 rings (SSSR count). The lowest BCUT2D eigenvalue weighted by Gasteiger charge is -2.13. The van der Waals surface area contributed by atoms with Crippen LogP contribution in [0.15, 0.2) is 30.3 Å². The summed E-state index contributed by atoms with van der Waals surface area (Å²) in [6.07, 6.45) is -0.327. The van der Waals surface area contributed by atoms with Crippen molar-refractivity contribution in [3.8, 4) is 0 Å². The molecule has 0 saturated carbocycles. The lowest BCUT2D eigenvalue weighted by Crippen LogP contribution is -2.38. The molecule has 6 heteroatoms. The Morgan fingerprint density at radius 2 is 1.84 bits per heavy atom. The van der Waals surface area contributed by atoms with Crippen LogP contribution in [-0.4, -0.2) is 39.5 Å². The molecule has 19 heavy (non-hydrogen) atoms. The maximum atomic E-state index is 11.5. The van der Waals surface area contributed by atoms with Crippen molar-refractivity contribution >= 4 is 18.3 Å². The lowest BCUT2D eigenvalue weighted by atomic mass is 10.2. The van der Waals surface area contributed by atoms with E-state index in [1.54, 1.807) is 14.2 Å². The van der Waals surface area contributed by atoms with Gasteiger partial charge in [-0.05, 0) is 5.56 Å². The minimum absolute atomic E-state index is 0. The van der Waals surface area contributed by atoms with Gasteiger partial charge in [-0.3, -0.25) is 4.79 Å². The molecule has 1 aromatic rings. The zero-order valence-electron chi connectivity index (χ0n) is 11.2. The molecule has 1 aromatic carbocycles. The fraction of sp³-hybridized carbons (Fsp3) is 0.462. The van der Waals surface area contributed by atoms with E-state index in [0.29, 0.717) is 13.1 Å². The van der Waals surface area contributed by atoms with Crippen LogP contribution in [0.3, 0.4) is 0 Å². The number of hydrogen-bond donors (Lipinski definition) is 2. The standard InChI is InChI=1S/C13H20N2O3.ClH/c1-17-13(18-2)10-14-9-12(16)15-8-11-6-4-3-5-7-11;/h3-7,13-14H,8-10H2,1-2H3,(H,15,16);1H. The number of amides is 1. The van der Waals surface area contributed by atoms with Crippen LogP contribution >= 0.6 is 12.4 Å². The van der Waals surface area contributed by atoms with Gasteiger partial charge in [-0.2, -0.15) is 0 Å². The minimum Gasteiger partial charge on any atom is -0.355 e. The molecule has 0 aliphatic rings. The van der Waals surface area contributed by atoms with E-state index in [0.717, 1.165) is 5.56 Å². The number of methoxy groups -OCH3 is 2. The zero-order valence-corrected chi connectivity index (χ0v) is 12.0. The Hall–Kier alpha value is -1.14. The van der Waals surface area contributed by atoms with Crippen LogP contribution in [0.1, 0.15) is 5.56 Å². The van der Waals surface area contributed by atoms with Crippen LogP contribution in [0.5, 0.6) is 0 Å². The van der Waals surface area contributed by atoms with Crippen LogP contribution in [0.2, 0.25) is 0 Å². The average molecular weight is 289 g/mol. The van der Waals surface area contributed by atoms with Crippen LogP contribution in [0, 0.1) is 0 Å². The predicted octanol–water partition coefficient (Wildman–Crippen LogP) is 0.933. The highest BCUT2D eigenvalue weighted by molar-refractivity contribution is 5.85. The quantitative estimate of drug-likeness (QED) is 0.699. The number of halogens is 1. The summed E-state index contributed by atoms with van der Waals surface area (Å²) in [7, 11) is 3.12. The van der Waals surface area contributed by atoms with Gasteiger partial charge in [-0.15, -0.1) is 12.4 Å². The molecule has 0 radical (unpaired) electrons. The highest BCUT2D eigenvalue weighted by Gasteiger charge is 2.05. The van der Waals surface area contributed by atoms with E-state index in [1.165, 1.54) is 0 Å². The van der Waals surface area contributed by atoms with Crippen molar-refractivity contribution in [1.29, 1.82) is 0 Å². The molecule has 0 atom stereocenters. The molecule has 1 amide bonds. The molecule has 0 aromatic heterocycles. The third-order valence-corrected chi connectivity index (χ3v) is 2.45. The summed E-state index contributed by atoms with van der Waals surface area (Å²) in [6, 6.07) is 9.78. The first kappa shape index (κ1) is 17.9. The van der Waals surface area contributed by atoms with Gasteiger partial charge < -0.3 is 20.1 Å². The molecule has 0 aliphatic carbocycles. The van der Waals surface area contributed by atoms with Gasteiger partial charge in [-0.25, -0.2) is 0 Å². The first-order valence-electron chi connectivity index (χ1n) is 5.83. The number of hydrogen-bond acceptors (Lipinski definition) is 4. The summed E-state index contributed by atoms with van der Waals surface area (Å²) in [6.45, 7) is 1.27. The first-order valence-corrected chi connectivity index (χ1v) is 5.83. The molecule has 0 aliphatic heterocycles. The monoisotopic (exact) mass is 288 g/mol. The summed E-state index contributed by atoms with van der Waals surface area (Å²) >= 11 is 0. The van der Waals surface area contributed by atoms with Crippen LogP contribution in [0.4, 0.5) is 0 Å². The Labute approximate surface area is 120 Å². The number of rotatable bonds is 8. The maximum Gasteiger partial charge on any atom is 0.234 e. The normalized spacial score (nSPS) is 10.1. The van der Waals surface area contributed by atoms with Gasteiger partial charge in [0.25, 0.3) is 0 Å². The van der Waals surface area contributed by atoms with E-state index in [1.807, 2.05) is 30.3 Å². The van der Waals surface area contributed by atoms with E-state index in [-0.39, 0.29) is 31.1 Å². The molecule has 0 spiro atoms. The lowest BCUT2D eigenvalue weighted by molar-refractivity contribution is -0.121. The molecule has 0 unspecified atom stereocenters. The Bertz CT molecular complexity index is 345. The van der Waals surface area contributed by atoms with Crippen molar-refractivity contribution in [3.63, 3.8) is 0 Å². The average Bonchev–Trinajstić information content (AvgIpc) is 2.42. The van der Waals surface area contributed by atoms with Gasteiger partial charge in [0.05, 0.1) is 6.54 Å². The van der Waals surface area contributed by atoms with Crippen molar-refractivity contribution in [2.75, 3.05) is 27.3 Å². The maximum absolute atomic E-state index is 11.5. The zero-order chi connectivity index (χ0) is 13.2. The fourth-order valence-corrected chi connectivity index (χ4v) is 1.43. The van der Waals surface area contributed by atoms with Gasteiger partial charge >= 0.3 is 0 Å². The molecule has 108 valence electrons. The van der Waals surface area contributed by atoms with E-state index in [2.05, 4.69) is 10.6 Å². The fourth-order valence-electron chi connectivity index (χ4n) is 1.43. The Kier molecular flexibility index (Phi) is 10.1. The highest BCUT2D eigenvalue weighted by Crippen LogP contribution is 1.96. The van der Waals surface area contributed by atoms with Gasteiger partial charge in [0.1, 0.15) is 0 Å². The summed E-state index contributed by atoms with van der Waals surface area (Å²) in [4.78, 5) is 11.5. The molecule has 0 saturated heterocycles. The molecular weight excluding hydrogens is 268 g/mol. The van der Waals surface area contributed by atoms with E-state index in [4.69, 9.17) is 9.47 Å². The van der Waals surface area contributed by atoms with Crippen LogP contribution < -0.4 is 10.6 Å². The van der Waals surface area contributed by atoms with Crippen molar-refractivity contribution in [1.82, 2.24) is 10.6 Å². The number of nitrogens with one attached hydrogen (secondary N) is 2. The van der Waals surface area contributed by atoms with E-state index in [9.17, 15) is 4.79 Å². The van der Waals surface area contributed by atoms with E-state index >= 15 is 0 Å². The Morgan fingerprint density at radius 1 is 1.21 bits per heavy atom. The number of ether oxygens (including phenoxy) is 2. The third-order valence-electron chi connectivity index (χ3n) is 2.45. The SMILES string of the molecule is COC(CNCC(=O)NCc1ccccc1)OC.Cl. The number of carbonyl (C=O) groups is 1. The second kappa shape index (κ2) is 10.8. The summed E-state index contributed by atoms with van der Waals surface area (Å²) in [5.74, 6) is -0.0511. The van der Waals surface area contributed by atoms with Crippen molar-refractivity contribution < 1.29 is 14.3 Å². The third kappa shape index (κ3) is 7.79. The van der Waals surface area contributed by atoms with Gasteiger partial charge in [0.15, 0.2) is 6.29 Å². The highest BCUT2D eigenvalue weighted by atomic mass is 35.5.